The summed E-state index contributed by atoms with van der Waals surface area (Å²) >= 11 is 0. The van der Waals surface area contributed by atoms with Crippen LogP contribution in [-0.2, 0) is 4.74 Å². The zero-order valence-electron chi connectivity index (χ0n) is 18.9. The minimum atomic E-state index is -0.495. The molecule has 1 N–H and O–H groups in total. The Morgan fingerprint density at radius 2 is 1.26 bits per heavy atom. The van der Waals surface area contributed by atoms with Gasteiger partial charge in [-0.15, -0.1) is 0 Å². The Labute approximate surface area is 183 Å². The molecule has 0 fully saturated rings. The van der Waals surface area contributed by atoms with Crippen molar-refractivity contribution in [1.82, 2.24) is 0 Å². The van der Waals surface area contributed by atoms with Crippen LogP contribution in [0.25, 0.3) is 0 Å². The lowest BCUT2D eigenvalue weighted by atomic mass is 10.1. The van der Waals surface area contributed by atoms with Gasteiger partial charge in [0.1, 0.15) is 34.1 Å². The number of ether oxygens (including phenoxy) is 5. The van der Waals surface area contributed by atoms with Gasteiger partial charge in [-0.1, -0.05) is 25.2 Å². The van der Waals surface area contributed by atoms with E-state index >= 15 is 0 Å². The van der Waals surface area contributed by atoms with Crippen LogP contribution in [0.5, 0.6) is 23.0 Å². The monoisotopic (exact) mass is 427 g/mol. The lowest BCUT2D eigenvalue weighted by Gasteiger charge is -2.14. The molecule has 0 radical (unpaired) electrons. The summed E-state index contributed by atoms with van der Waals surface area (Å²) in [5.74, 6) is 7.62. The summed E-state index contributed by atoms with van der Waals surface area (Å²) in [6, 6.07) is 6.90. The number of methoxy groups -OCH3 is 5. The fourth-order valence-corrected chi connectivity index (χ4v) is 2.94. The Bertz CT molecular complexity index is 924. The van der Waals surface area contributed by atoms with Crippen molar-refractivity contribution in [3.63, 3.8) is 0 Å². The number of unbranched alkanes of at least 4 members (excludes halogenated alkanes) is 1. The first kappa shape index (κ1) is 23.7. The fourth-order valence-electron chi connectivity index (χ4n) is 2.94. The van der Waals surface area contributed by atoms with Gasteiger partial charge in [-0.2, -0.15) is 0 Å². The fraction of sp³-hybridized carbons (Fsp3) is 0.375. The Morgan fingerprint density at radius 1 is 0.806 bits per heavy atom. The third kappa shape index (κ3) is 5.76. The molecule has 0 aromatic heterocycles. The van der Waals surface area contributed by atoms with E-state index in [0.29, 0.717) is 39.7 Å². The van der Waals surface area contributed by atoms with E-state index < -0.39 is 5.97 Å². The number of hydrogen-bond donors (Lipinski definition) is 1. The normalized spacial score (nSPS) is 9.87. The Balaban J connectivity index is 2.54. The van der Waals surface area contributed by atoms with Crippen molar-refractivity contribution in [2.45, 2.75) is 19.8 Å². The summed E-state index contributed by atoms with van der Waals surface area (Å²) in [5.41, 5.74) is 2.28. The Morgan fingerprint density at radius 3 is 1.65 bits per heavy atom. The number of hydrogen-bond acceptors (Lipinski definition) is 7. The van der Waals surface area contributed by atoms with Crippen LogP contribution in [0.15, 0.2) is 24.3 Å². The van der Waals surface area contributed by atoms with Crippen molar-refractivity contribution in [3.8, 4) is 34.8 Å². The Hall–Kier alpha value is -3.53. The molecule has 2 aromatic carbocycles. The summed E-state index contributed by atoms with van der Waals surface area (Å²) in [6.45, 7) is 3.00. The van der Waals surface area contributed by atoms with Gasteiger partial charge in [0.15, 0.2) is 0 Å². The van der Waals surface area contributed by atoms with Crippen molar-refractivity contribution < 1.29 is 28.5 Å². The van der Waals surface area contributed by atoms with E-state index in [4.69, 9.17) is 23.7 Å². The first-order chi connectivity index (χ1) is 15.0. The van der Waals surface area contributed by atoms with E-state index in [1.54, 1.807) is 26.4 Å². The van der Waals surface area contributed by atoms with Gasteiger partial charge in [0, 0.05) is 24.4 Å². The van der Waals surface area contributed by atoms with Crippen molar-refractivity contribution in [3.05, 3.63) is 41.0 Å². The van der Waals surface area contributed by atoms with Crippen LogP contribution in [0.4, 0.5) is 5.69 Å². The van der Waals surface area contributed by atoms with Crippen LogP contribution >= 0.6 is 0 Å². The molecule has 0 spiro atoms. The third-order valence-corrected chi connectivity index (χ3v) is 4.60. The average molecular weight is 427 g/mol. The highest BCUT2D eigenvalue weighted by atomic mass is 16.5. The quantitative estimate of drug-likeness (QED) is 0.367. The molecule has 166 valence electrons. The average Bonchev–Trinajstić information content (AvgIpc) is 2.81. The zero-order valence-corrected chi connectivity index (χ0v) is 18.9. The number of rotatable bonds is 9. The highest BCUT2D eigenvalue weighted by Gasteiger charge is 2.16. The lowest BCUT2D eigenvalue weighted by Crippen LogP contribution is -2.04. The lowest BCUT2D eigenvalue weighted by molar-refractivity contribution is 0.0600. The molecular formula is C24H29NO6. The molecule has 0 atom stereocenters. The number of esters is 1. The minimum absolute atomic E-state index is 0.305. The third-order valence-electron chi connectivity index (χ3n) is 4.60. The van der Waals surface area contributed by atoms with Crippen LogP contribution in [0.1, 0.15) is 41.3 Å². The molecule has 0 bridgehead atoms. The molecule has 0 aliphatic heterocycles. The number of benzene rings is 2. The molecule has 0 unspecified atom stereocenters. The molecule has 0 amide bonds. The van der Waals surface area contributed by atoms with Crippen molar-refractivity contribution in [1.29, 1.82) is 0 Å². The van der Waals surface area contributed by atoms with Gasteiger partial charge < -0.3 is 29.0 Å². The first-order valence-corrected chi connectivity index (χ1v) is 9.89. The molecule has 2 rings (SSSR count). The maximum Gasteiger partial charge on any atom is 0.338 e. The van der Waals surface area contributed by atoms with Gasteiger partial charge in [-0.25, -0.2) is 4.79 Å². The molecule has 7 heteroatoms. The molecule has 0 heterocycles. The summed E-state index contributed by atoms with van der Waals surface area (Å²) in [4.78, 5) is 11.9. The molecule has 7 nitrogen and oxygen atoms in total. The van der Waals surface area contributed by atoms with Crippen LogP contribution in [0.2, 0.25) is 0 Å². The summed E-state index contributed by atoms with van der Waals surface area (Å²) in [6.07, 6.45) is 2.16. The van der Waals surface area contributed by atoms with E-state index in [1.165, 1.54) is 21.3 Å². The smallest absolute Gasteiger partial charge is 0.338 e. The zero-order chi connectivity index (χ0) is 22.8. The maximum absolute atomic E-state index is 11.9. The molecule has 0 saturated carbocycles. The molecule has 0 saturated heterocycles. The molecular weight excluding hydrogens is 398 g/mol. The van der Waals surface area contributed by atoms with Gasteiger partial charge in [0.05, 0.1) is 41.1 Å². The summed E-state index contributed by atoms with van der Waals surface area (Å²) in [7, 11) is 7.48. The van der Waals surface area contributed by atoms with Crippen molar-refractivity contribution >= 4 is 11.7 Å². The number of carbonyl (C=O) groups is 1. The van der Waals surface area contributed by atoms with E-state index in [1.807, 2.05) is 12.1 Å². The molecule has 0 aliphatic rings. The molecule has 2 aromatic rings. The Kier molecular flexibility index (Phi) is 8.89. The number of anilines is 1. The van der Waals surface area contributed by atoms with E-state index in [9.17, 15) is 4.79 Å². The predicted molar refractivity (Wildman–Crippen MR) is 120 cm³/mol. The summed E-state index contributed by atoms with van der Waals surface area (Å²) in [5, 5.41) is 3.36. The maximum atomic E-state index is 11.9. The predicted octanol–water partition coefficient (Wildman–Crippen LogP) is 4.12. The van der Waals surface area contributed by atoms with Crippen molar-refractivity contribution in [2.24, 2.45) is 0 Å². The van der Waals surface area contributed by atoms with Gasteiger partial charge in [-0.3, -0.25) is 0 Å². The van der Waals surface area contributed by atoms with Crippen molar-refractivity contribution in [2.75, 3.05) is 47.4 Å². The van der Waals surface area contributed by atoms with E-state index in [-0.39, 0.29) is 0 Å². The van der Waals surface area contributed by atoms with Crippen LogP contribution in [0.3, 0.4) is 0 Å². The largest absolute Gasteiger partial charge is 0.495 e. The van der Waals surface area contributed by atoms with Crippen LogP contribution in [0, 0.1) is 11.8 Å². The van der Waals surface area contributed by atoms with E-state index in [0.717, 1.165) is 25.1 Å². The van der Waals surface area contributed by atoms with Gasteiger partial charge in [0.25, 0.3) is 0 Å². The summed E-state index contributed by atoms with van der Waals surface area (Å²) < 4.78 is 26.8. The molecule has 31 heavy (non-hydrogen) atoms. The first-order valence-electron chi connectivity index (χ1n) is 9.89. The molecule has 0 aliphatic carbocycles. The number of nitrogens with one attached hydrogen (secondary N) is 1. The highest BCUT2D eigenvalue weighted by Crippen LogP contribution is 2.34. The van der Waals surface area contributed by atoms with Crippen LogP contribution in [-0.4, -0.2) is 48.1 Å². The van der Waals surface area contributed by atoms with E-state index in [2.05, 4.69) is 24.1 Å². The second kappa shape index (κ2) is 11.6. The SMILES string of the molecule is CCCCNc1cc(OC)c(C#Cc2c(OC)cc(C(=O)OC)cc2OC)c(OC)c1. The second-order valence-electron chi connectivity index (χ2n) is 6.53. The topological polar surface area (TPSA) is 75.3 Å². The number of carbonyl (C=O) groups excluding carboxylic acids is 1. The minimum Gasteiger partial charge on any atom is -0.495 e. The standard InChI is InChI=1S/C24H29NO6/c1-7-8-11-25-17-14-22(29-4)19(23(15-17)30-5)10-9-18-20(27-2)12-16(24(26)31-6)13-21(18)28-3/h12-15,25H,7-8,11H2,1-6H3. The van der Waals surface area contributed by atoms with Gasteiger partial charge in [-0.05, 0) is 18.6 Å². The second-order valence-corrected chi connectivity index (χ2v) is 6.53. The van der Waals surface area contributed by atoms with Gasteiger partial charge >= 0.3 is 5.97 Å². The van der Waals surface area contributed by atoms with Gasteiger partial charge in [0.2, 0.25) is 0 Å². The highest BCUT2D eigenvalue weighted by molar-refractivity contribution is 5.91. The van der Waals surface area contributed by atoms with Crippen LogP contribution < -0.4 is 24.3 Å².